The van der Waals surface area contributed by atoms with Gasteiger partial charge in [-0.1, -0.05) is 11.3 Å². The van der Waals surface area contributed by atoms with Gasteiger partial charge < -0.3 is 15.5 Å². The molecule has 4 rings (SSSR count). The monoisotopic (exact) mass is 430 g/mol. The Labute approximate surface area is 173 Å². The van der Waals surface area contributed by atoms with E-state index in [-0.39, 0.29) is 24.6 Å². The highest BCUT2D eigenvalue weighted by Crippen LogP contribution is 2.31. The Morgan fingerprint density at radius 3 is 2.57 bits per heavy atom. The zero-order valence-electron chi connectivity index (χ0n) is 15.7. The van der Waals surface area contributed by atoms with E-state index in [2.05, 4.69) is 15.6 Å². The number of anilines is 3. The molecule has 1 aromatic heterocycles. The third kappa shape index (κ3) is 3.99. The third-order valence-electron chi connectivity index (χ3n) is 4.62. The molecule has 0 bridgehead atoms. The van der Waals surface area contributed by atoms with Crippen LogP contribution in [0.1, 0.15) is 13.3 Å². The van der Waals surface area contributed by atoms with Crippen LogP contribution in [-0.2, 0) is 14.4 Å². The molecule has 30 heavy (non-hydrogen) atoms. The van der Waals surface area contributed by atoms with Crippen LogP contribution in [0.4, 0.5) is 25.3 Å². The average molecular weight is 430 g/mol. The number of nitrogens with one attached hydrogen (secondary N) is 2. The highest BCUT2D eigenvalue weighted by atomic mass is 32.1. The first-order valence-electron chi connectivity index (χ1n) is 9.06. The van der Waals surface area contributed by atoms with Crippen LogP contribution in [0.3, 0.4) is 0 Å². The molecule has 154 valence electrons. The molecule has 1 aliphatic rings. The van der Waals surface area contributed by atoms with Crippen LogP contribution in [0, 0.1) is 17.6 Å². The van der Waals surface area contributed by atoms with Gasteiger partial charge in [0.2, 0.25) is 17.7 Å². The number of carbonyl (C=O) groups excluding carboxylic acids is 3. The molecule has 1 aliphatic heterocycles. The number of amides is 3. The highest BCUT2D eigenvalue weighted by Gasteiger charge is 2.38. The van der Waals surface area contributed by atoms with Gasteiger partial charge in [-0.15, -0.1) is 0 Å². The van der Waals surface area contributed by atoms with E-state index in [1.807, 2.05) is 0 Å². The van der Waals surface area contributed by atoms with E-state index in [4.69, 9.17) is 0 Å². The van der Waals surface area contributed by atoms with Crippen molar-refractivity contribution in [3.05, 3.63) is 48.0 Å². The lowest BCUT2D eigenvalue weighted by Crippen LogP contribution is -2.33. The van der Waals surface area contributed by atoms with Crippen LogP contribution in [-0.4, -0.2) is 29.3 Å². The number of halogens is 2. The first kappa shape index (κ1) is 19.9. The van der Waals surface area contributed by atoms with Gasteiger partial charge in [-0.3, -0.25) is 14.4 Å². The van der Waals surface area contributed by atoms with Gasteiger partial charge >= 0.3 is 0 Å². The summed E-state index contributed by atoms with van der Waals surface area (Å²) in [7, 11) is 0. The fraction of sp³-hybridized carbons (Fsp3) is 0.200. The lowest BCUT2D eigenvalue weighted by atomic mass is 10.1. The smallest absolute Gasteiger partial charge is 0.239 e. The Kier molecular flexibility index (Phi) is 5.17. The first-order chi connectivity index (χ1) is 14.3. The minimum absolute atomic E-state index is 0.0817. The second-order valence-electron chi connectivity index (χ2n) is 6.83. The van der Waals surface area contributed by atoms with Gasteiger partial charge in [0.1, 0.15) is 17.6 Å². The largest absolute Gasteiger partial charge is 0.326 e. The Morgan fingerprint density at radius 1 is 1.13 bits per heavy atom. The molecule has 0 spiro atoms. The molecule has 1 saturated heterocycles. The topological polar surface area (TPSA) is 91.4 Å². The van der Waals surface area contributed by atoms with E-state index in [1.165, 1.54) is 23.2 Å². The molecule has 0 aliphatic carbocycles. The molecule has 3 amide bonds. The second-order valence-corrected chi connectivity index (χ2v) is 7.86. The summed E-state index contributed by atoms with van der Waals surface area (Å²) in [6.07, 6.45) is 0.223. The number of fused-ring (bicyclic) bond motifs is 1. The molecule has 0 radical (unpaired) electrons. The number of nitrogens with zero attached hydrogens (tertiary/aromatic N) is 2. The predicted octanol–water partition coefficient (Wildman–Crippen LogP) is 3.52. The second kappa shape index (κ2) is 7.79. The molecule has 0 saturated carbocycles. The van der Waals surface area contributed by atoms with E-state index in [0.29, 0.717) is 16.3 Å². The molecule has 2 heterocycles. The molecule has 2 N–H and O–H groups in total. The van der Waals surface area contributed by atoms with Crippen molar-refractivity contribution in [3.8, 4) is 0 Å². The summed E-state index contributed by atoms with van der Waals surface area (Å²) in [5, 5.41) is 5.64. The zero-order valence-corrected chi connectivity index (χ0v) is 16.6. The van der Waals surface area contributed by atoms with Crippen molar-refractivity contribution in [1.82, 2.24) is 4.98 Å². The summed E-state index contributed by atoms with van der Waals surface area (Å²) in [5.74, 6) is -3.81. The van der Waals surface area contributed by atoms with E-state index in [1.54, 1.807) is 18.2 Å². The molecule has 2 aromatic carbocycles. The van der Waals surface area contributed by atoms with Crippen molar-refractivity contribution in [2.75, 3.05) is 22.1 Å². The van der Waals surface area contributed by atoms with Crippen molar-refractivity contribution in [2.45, 2.75) is 13.3 Å². The molecule has 7 nitrogen and oxygen atoms in total. The van der Waals surface area contributed by atoms with Crippen LogP contribution in [0.25, 0.3) is 10.2 Å². The Bertz CT molecular complexity index is 1160. The number of aromatic nitrogens is 1. The average Bonchev–Trinajstić information content (AvgIpc) is 3.22. The zero-order chi connectivity index (χ0) is 21.4. The minimum Gasteiger partial charge on any atom is -0.326 e. The van der Waals surface area contributed by atoms with Gasteiger partial charge in [-0.25, -0.2) is 13.8 Å². The van der Waals surface area contributed by atoms with Crippen LogP contribution in [0.5, 0.6) is 0 Å². The van der Waals surface area contributed by atoms with Crippen molar-refractivity contribution in [2.24, 2.45) is 5.92 Å². The summed E-state index contributed by atoms with van der Waals surface area (Å²) in [6, 6.07) is 7.99. The Morgan fingerprint density at radius 2 is 1.87 bits per heavy atom. The quantitative estimate of drug-likeness (QED) is 0.620. The standard InChI is InChI=1S/C20H16F2N4O3S/c1-10(27)23-13-2-3-16-17(9-13)30-20(24-16)25-18(28)15-4-5-26(19(15)29)14-7-11(21)6-12(22)8-14/h2-3,6-9,15H,4-5H2,1H3,(H,23,27)(H,24,25,28). The number of carbonyl (C=O) groups is 3. The van der Waals surface area contributed by atoms with Crippen LogP contribution in [0.15, 0.2) is 36.4 Å². The number of hydrogen-bond donors (Lipinski definition) is 2. The van der Waals surface area contributed by atoms with E-state index in [9.17, 15) is 23.2 Å². The predicted molar refractivity (Wildman–Crippen MR) is 109 cm³/mol. The number of rotatable bonds is 4. The fourth-order valence-corrected chi connectivity index (χ4v) is 4.23. The van der Waals surface area contributed by atoms with Gasteiger partial charge in [0, 0.05) is 30.9 Å². The number of benzene rings is 2. The lowest BCUT2D eigenvalue weighted by Gasteiger charge is -2.16. The molecule has 3 aromatic rings. The van der Waals surface area contributed by atoms with Crippen molar-refractivity contribution in [1.29, 1.82) is 0 Å². The minimum atomic E-state index is -0.974. The van der Waals surface area contributed by atoms with Crippen LogP contribution in [0.2, 0.25) is 0 Å². The van der Waals surface area contributed by atoms with Crippen molar-refractivity contribution in [3.63, 3.8) is 0 Å². The van der Waals surface area contributed by atoms with Crippen LogP contribution >= 0.6 is 11.3 Å². The molecular weight excluding hydrogens is 414 g/mol. The number of thiazole rings is 1. The summed E-state index contributed by atoms with van der Waals surface area (Å²) < 4.78 is 27.7. The Hall–Kier alpha value is -3.40. The molecule has 1 atom stereocenters. The van der Waals surface area contributed by atoms with Gasteiger partial charge in [-0.05, 0) is 36.8 Å². The summed E-state index contributed by atoms with van der Waals surface area (Å²) >= 11 is 1.21. The van der Waals surface area contributed by atoms with Gasteiger partial charge in [-0.2, -0.15) is 0 Å². The van der Waals surface area contributed by atoms with Crippen molar-refractivity contribution < 1.29 is 23.2 Å². The highest BCUT2D eigenvalue weighted by molar-refractivity contribution is 7.22. The van der Waals surface area contributed by atoms with Gasteiger partial charge in [0.15, 0.2) is 5.13 Å². The summed E-state index contributed by atoms with van der Waals surface area (Å²) in [6.45, 7) is 1.59. The normalized spacial score (nSPS) is 16.2. The first-order valence-corrected chi connectivity index (χ1v) is 9.88. The van der Waals surface area contributed by atoms with Crippen LogP contribution < -0.4 is 15.5 Å². The van der Waals surface area contributed by atoms with E-state index in [0.717, 1.165) is 22.9 Å². The molecule has 1 unspecified atom stereocenters. The van der Waals surface area contributed by atoms with E-state index >= 15 is 0 Å². The molecular formula is C20H16F2N4O3S. The van der Waals surface area contributed by atoms with Crippen molar-refractivity contribution >= 4 is 55.8 Å². The van der Waals surface area contributed by atoms with E-state index < -0.39 is 29.4 Å². The number of hydrogen-bond acceptors (Lipinski definition) is 5. The SMILES string of the molecule is CC(=O)Nc1ccc2nc(NC(=O)C3CCN(c4cc(F)cc(F)c4)C3=O)sc2c1. The molecule has 1 fully saturated rings. The maximum Gasteiger partial charge on any atom is 0.239 e. The fourth-order valence-electron chi connectivity index (χ4n) is 3.33. The maximum atomic E-state index is 13.5. The summed E-state index contributed by atoms with van der Waals surface area (Å²) in [5.41, 5.74) is 1.33. The third-order valence-corrected chi connectivity index (χ3v) is 5.55. The van der Waals surface area contributed by atoms with Gasteiger partial charge in [0.25, 0.3) is 0 Å². The Balaban J connectivity index is 1.48. The van der Waals surface area contributed by atoms with Gasteiger partial charge in [0.05, 0.1) is 10.2 Å². The molecule has 10 heteroatoms. The lowest BCUT2D eigenvalue weighted by molar-refractivity contribution is -0.129. The summed E-state index contributed by atoms with van der Waals surface area (Å²) in [4.78, 5) is 42.0. The maximum absolute atomic E-state index is 13.5.